The molecule has 1 unspecified atom stereocenters. The van der Waals surface area contributed by atoms with Gasteiger partial charge in [-0.25, -0.2) is 4.39 Å². The smallest absolute Gasteiger partial charge is 0.145 e. The molecule has 0 saturated heterocycles. The third kappa shape index (κ3) is 3.45. The summed E-state index contributed by atoms with van der Waals surface area (Å²) in [6.07, 6.45) is 2.50. The van der Waals surface area contributed by atoms with Crippen LogP contribution in [-0.2, 0) is 6.42 Å². The molecule has 0 aliphatic carbocycles. The summed E-state index contributed by atoms with van der Waals surface area (Å²) in [5.41, 5.74) is 3.30. The van der Waals surface area contributed by atoms with E-state index in [1.165, 1.54) is 0 Å². The first-order valence-corrected chi connectivity index (χ1v) is 5.45. The Morgan fingerprint density at radius 3 is 2.87 bits per heavy atom. The zero-order chi connectivity index (χ0) is 11.3. The molecular formula is C11H16ClFN2. The normalized spacial score (nSPS) is 12.8. The minimum absolute atomic E-state index is 0.1000. The van der Waals surface area contributed by atoms with E-state index < -0.39 is 0 Å². The maximum absolute atomic E-state index is 13.5. The fourth-order valence-electron chi connectivity index (χ4n) is 1.56. The van der Waals surface area contributed by atoms with Crippen LogP contribution in [0.5, 0.6) is 0 Å². The lowest BCUT2D eigenvalue weighted by Crippen LogP contribution is -2.36. The molecule has 1 aromatic rings. The van der Waals surface area contributed by atoms with Crippen molar-refractivity contribution in [1.82, 2.24) is 5.43 Å². The van der Waals surface area contributed by atoms with Gasteiger partial charge in [0.15, 0.2) is 0 Å². The highest BCUT2D eigenvalue weighted by Gasteiger charge is 2.11. The Hall–Kier alpha value is -0.640. The van der Waals surface area contributed by atoms with E-state index in [2.05, 4.69) is 12.3 Å². The third-order valence-corrected chi connectivity index (χ3v) is 2.66. The lowest BCUT2D eigenvalue weighted by atomic mass is 10.0. The molecule has 0 amide bonds. The highest BCUT2D eigenvalue weighted by atomic mass is 35.5. The zero-order valence-electron chi connectivity index (χ0n) is 8.76. The molecule has 0 fully saturated rings. The summed E-state index contributed by atoms with van der Waals surface area (Å²) in [6.45, 7) is 2.07. The fourth-order valence-corrected chi connectivity index (χ4v) is 1.76. The summed E-state index contributed by atoms with van der Waals surface area (Å²) < 4.78 is 13.5. The van der Waals surface area contributed by atoms with E-state index in [1.54, 1.807) is 18.2 Å². The molecule has 4 heteroatoms. The summed E-state index contributed by atoms with van der Waals surface area (Å²) >= 11 is 5.69. The molecular weight excluding hydrogens is 215 g/mol. The average Bonchev–Trinajstić information content (AvgIpc) is 2.24. The Bertz CT molecular complexity index is 317. The zero-order valence-corrected chi connectivity index (χ0v) is 9.52. The summed E-state index contributed by atoms with van der Waals surface area (Å²) in [5.74, 6) is 5.05. The first-order chi connectivity index (χ1) is 7.19. The average molecular weight is 231 g/mol. The summed E-state index contributed by atoms with van der Waals surface area (Å²) in [5, 5.41) is 0.166. The van der Waals surface area contributed by atoms with Gasteiger partial charge in [0.25, 0.3) is 0 Å². The number of nitrogens with one attached hydrogen (secondary N) is 1. The molecule has 0 heterocycles. The molecule has 0 saturated carbocycles. The summed E-state index contributed by atoms with van der Waals surface area (Å²) in [6, 6.07) is 5.13. The Balaban J connectivity index is 2.74. The van der Waals surface area contributed by atoms with Gasteiger partial charge >= 0.3 is 0 Å². The SMILES string of the molecule is CCCC(Cc1cccc(Cl)c1F)NN. The van der Waals surface area contributed by atoms with Crippen LogP contribution in [0.15, 0.2) is 18.2 Å². The van der Waals surface area contributed by atoms with Crippen molar-refractivity contribution >= 4 is 11.6 Å². The molecule has 15 heavy (non-hydrogen) atoms. The molecule has 84 valence electrons. The van der Waals surface area contributed by atoms with Crippen LogP contribution in [0.2, 0.25) is 5.02 Å². The minimum atomic E-state index is -0.337. The topological polar surface area (TPSA) is 38.0 Å². The lowest BCUT2D eigenvalue weighted by Gasteiger charge is -2.15. The number of hydrogen-bond donors (Lipinski definition) is 2. The second-order valence-corrected chi connectivity index (χ2v) is 3.98. The van der Waals surface area contributed by atoms with Crippen molar-refractivity contribution < 1.29 is 4.39 Å². The minimum Gasteiger partial charge on any atom is -0.271 e. The van der Waals surface area contributed by atoms with Gasteiger partial charge in [-0.3, -0.25) is 11.3 Å². The molecule has 0 aliphatic heterocycles. The monoisotopic (exact) mass is 230 g/mol. The van der Waals surface area contributed by atoms with E-state index >= 15 is 0 Å². The van der Waals surface area contributed by atoms with Crippen molar-refractivity contribution in [3.63, 3.8) is 0 Å². The molecule has 0 radical (unpaired) electrons. The van der Waals surface area contributed by atoms with Crippen molar-refractivity contribution in [3.05, 3.63) is 34.6 Å². The van der Waals surface area contributed by atoms with E-state index in [0.29, 0.717) is 12.0 Å². The number of hydrazine groups is 1. The lowest BCUT2D eigenvalue weighted by molar-refractivity contribution is 0.475. The highest BCUT2D eigenvalue weighted by Crippen LogP contribution is 2.19. The van der Waals surface area contributed by atoms with Crippen LogP contribution in [0.3, 0.4) is 0 Å². The highest BCUT2D eigenvalue weighted by molar-refractivity contribution is 6.30. The number of rotatable bonds is 5. The first kappa shape index (κ1) is 12.4. The molecule has 0 spiro atoms. The van der Waals surface area contributed by atoms with Gasteiger partial charge in [0.1, 0.15) is 5.82 Å². The van der Waals surface area contributed by atoms with Gasteiger partial charge in [-0.05, 0) is 24.5 Å². The molecule has 1 atom stereocenters. The Morgan fingerprint density at radius 2 is 2.27 bits per heavy atom. The standard InChI is InChI=1S/C11H16ClFN2/c1-2-4-9(15-14)7-8-5-3-6-10(12)11(8)13/h3,5-6,9,15H,2,4,7,14H2,1H3. The molecule has 3 N–H and O–H groups in total. The van der Waals surface area contributed by atoms with Crippen LogP contribution in [0.4, 0.5) is 4.39 Å². The van der Waals surface area contributed by atoms with E-state index in [1.807, 2.05) is 0 Å². The van der Waals surface area contributed by atoms with Crippen molar-refractivity contribution in [1.29, 1.82) is 0 Å². The van der Waals surface area contributed by atoms with Crippen LogP contribution >= 0.6 is 11.6 Å². The fraction of sp³-hybridized carbons (Fsp3) is 0.455. The Kier molecular flexibility index (Phi) is 5.02. The van der Waals surface area contributed by atoms with Crippen LogP contribution in [0.25, 0.3) is 0 Å². The van der Waals surface area contributed by atoms with E-state index in [9.17, 15) is 4.39 Å². The van der Waals surface area contributed by atoms with Gasteiger partial charge in [0.05, 0.1) is 5.02 Å². The van der Waals surface area contributed by atoms with Gasteiger partial charge in [-0.15, -0.1) is 0 Å². The number of nitrogens with two attached hydrogens (primary N) is 1. The van der Waals surface area contributed by atoms with Crippen molar-refractivity contribution in [2.24, 2.45) is 5.84 Å². The maximum atomic E-state index is 13.5. The van der Waals surface area contributed by atoms with E-state index in [0.717, 1.165) is 12.8 Å². The molecule has 2 nitrogen and oxygen atoms in total. The summed E-state index contributed by atoms with van der Waals surface area (Å²) in [4.78, 5) is 0. The van der Waals surface area contributed by atoms with Crippen LogP contribution in [0.1, 0.15) is 25.3 Å². The first-order valence-electron chi connectivity index (χ1n) is 5.08. The van der Waals surface area contributed by atoms with Crippen molar-refractivity contribution in [3.8, 4) is 0 Å². The quantitative estimate of drug-likeness (QED) is 0.603. The predicted octanol–water partition coefficient (Wildman–Crippen LogP) is 2.65. The second-order valence-electron chi connectivity index (χ2n) is 3.57. The van der Waals surface area contributed by atoms with Gasteiger partial charge in [-0.2, -0.15) is 0 Å². The number of halogens is 2. The van der Waals surface area contributed by atoms with Crippen molar-refractivity contribution in [2.75, 3.05) is 0 Å². The number of hydrogen-bond acceptors (Lipinski definition) is 2. The second kappa shape index (κ2) is 6.05. The molecule has 0 bridgehead atoms. The Labute approximate surface area is 94.6 Å². The molecule has 0 aromatic heterocycles. The van der Waals surface area contributed by atoms with Gasteiger partial charge in [0.2, 0.25) is 0 Å². The van der Waals surface area contributed by atoms with Gasteiger partial charge < -0.3 is 0 Å². The van der Waals surface area contributed by atoms with Crippen molar-refractivity contribution in [2.45, 2.75) is 32.2 Å². The molecule has 0 aliphatic rings. The summed E-state index contributed by atoms with van der Waals surface area (Å²) in [7, 11) is 0. The van der Waals surface area contributed by atoms with Crippen LogP contribution in [-0.4, -0.2) is 6.04 Å². The molecule has 1 rings (SSSR count). The largest absolute Gasteiger partial charge is 0.271 e. The number of benzene rings is 1. The van der Waals surface area contributed by atoms with Crippen LogP contribution < -0.4 is 11.3 Å². The van der Waals surface area contributed by atoms with E-state index in [-0.39, 0.29) is 16.9 Å². The predicted molar refractivity (Wildman–Crippen MR) is 61.1 cm³/mol. The maximum Gasteiger partial charge on any atom is 0.145 e. The third-order valence-electron chi connectivity index (χ3n) is 2.37. The van der Waals surface area contributed by atoms with Crippen LogP contribution in [0, 0.1) is 5.82 Å². The molecule has 1 aromatic carbocycles. The van der Waals surface area contributed by atoms with Gasteiger partial charge in [-0.1, -0.05) is 37.1 Å². The Morgan fingerprint density at radius 1 is 1.53 bits per heavy atom. The van der Waals surface area contributed by atoms with E-state index in [4.69, 9.17) is 17.4 Å². The van der Waals surface area contributed by atoms with Gasteiger partial charge in [0, 0.05) is 6.04 Å².